The number of furan rings is 1. The molecule has 2 atom stereocenters. The number of likely N-dealkylation sites (tertiary alicyclic amines) is 1. The van der Waals surface area contributed by atoms with Crippen molar-refractivity contribution in [3.05, 3.63) is 53.8 Å². The van der Waals surface area contributed by atoms with Gasteiger partial charge in [0.25, 0.3) is 0 Å². The third-order valence-electron chi connectivity index (χ3n) is 6.68. The number of aryl methyl sites for hydroxylation is 1. The maximum atomic E-state index is 13.2. The Morgan fingerprint density at radius 3 is 2.47 bits per heavy atom. The first-order valence-electron chi connectivity index (χ1n) is 12.1. The molecule has 1 aromatic heterocycles. The van der Waals surface area contributed by atoms with Gasteiger partial charge in [-0.25, -0.2) is 0 Å². The van der Waals surface area contributed by atoms with Gasteiger partial charge in [-0.3, -0.25) is 4.79 Å². The average molecular weight is 462 g/mol. The monoisotopic (exact) mass is 461 g/mol. The highest BCUT2D eigenvalue weighted by molar-refractivity contribution is 6.01. The number of methoxy groups -OCH3 is 1. The summed E-state index contributed by atoms with van der Waals surface area (Å²) in [4.78, 5) is 15.1. The summed E-state index contributed by atoms with van der Waals surface area (Å²) in [6.07, 6.45) is 4.73. The number of hydrogen-bond donors (Lipinski definition) is 0. The minimum atomic E-state index is 0.0682. The van der Waals surface area contributed by atoms with Gasteiger partial charge in [0.1, 0.15) is 17.1 Å². The number of rotatable bonds is 6. The number of hydrogen-bond acceptors (Lipinski definition) is 4. The second kappa shape index (κ2) is 9.96. The molecule has 4 rings (SSSR count). The number of allylic oxidation sites excluding steroid dienone is 1. The molecular weight excluding hydrogens is 426 g/mol. The lowest BCUT2D eigenvalue weighted by Gasteiger charge is -2.34. The molecule has 1 aliphatic heterocycles. The fraction of sp³-hybridized carbons (Fsp3) is 0.414. The SMILES string of the molecule is CCOc1c(/C(C)=C/C(=O)N2CC(C)CC(C)C2)cc2c(-c3ccc(OC)cc3)coc2c1C. The van der Waals surface area contributed by atoms with E-state index in [9.17, 15) is 4.79 Å². The van der Waals surface area contributed by atoms with Crippen LogP contribution in [0.25, 0.3) is 27.7 Å². The van der Waals surface area contributed by atoms with Gasteiger partial charge >= 0.3 is 0 Å². The fourth-order valence-corrected chi connectivity index (χ4v) is 5.13. The molecule has 2 unspecified atom stereocenters. The molecular formula is C29H35NO4. The summed E-state index contributed by atoms with van der Waals surface area (Å²) in [6, 6.07) is 10.0. The van der Waals surface area contributed by atoms with Gasteiger partial charge in [-0.2, -0.15) is 0 Å². The van der Waals surface area contributed by atoms with Gasteiger partial charge in [-0.1, -0.05) is 26.0 Å². The largest absolute Gasteiger partial charge is 0.497 e. The Hall–Kier alpha value is -3.21. The van der Waals surface area contributed by atoms with Crippen molar-refractivity contribution < 1.29 is 18.7 Å². The number of ether oxygens (including phenoxy) is 2. The third-order valence-corrected chi connectivity index (χ3v) is 6.68. The second-order valence-electron chi connectivity index (χ2n) is 9.58. The van der Waals surface area contributed by atoms with Gasteiger partial charge in [0.15, 0.2) is 0 Å². The highest BCUT2D eigenvalue weighted by Gasteiger charge is 2.25. The van der Waals surface area contributed by atoms with E-state index >= 15 is 0 Å². The van der Waals surface area contributed by atoms with E-state index in [-0.39, 0.29) is 5.91 Å². The number of carbonyl (C=O) groups is 1. The Bertz CT molecular complexity index is 1200. The van der Waals surface area contributed by atoms with Crippen molar-refractivity contribution in [1.29, 1.82) is 0 Å². The molecule has 0 spiro atoms. The molecule has 0 aliphatic carbocycles. The first-order chi connectivity index (χ1) is 16.3. The van der Waals surface area contributed by atoms with E-state index in [0.717, 1.165) is 63.4 Å². The summed E-state index contributed by atoms with van der Waals surface area (Å²) < 4.78 is 17.4. The Morgan fingerprint density at radius 1 is 1.18 bits per heavy atom. The summed E-state index contributed by atoms with van der Waals surface area (Å²) in [5.74, 6) is 2.70. The summed E-state index contributed by atoms with van der Waals surface area (Å²) in [5, 5.41) is 1.00. The Labute approximate surface area is 202 Å². The van der Waals surface area contributed by atoms with Gasteiger partial charge in [-0.05, 0) is 68.4 Å². The van der Waals surface area contributed by atoms with Crippen LogP contribution in [0, 0.1) is 18.8 Å². The first-order valence-corrected chi connectivity index (χ1v) is 12.1. The lowest BCUT2D eigenvalue weighted by molar-refractivity contribution is -0.128. The van der Waals surface area contributed by atoms with Crippen LogP contribution in [0.5, 0.6) is 11.5 Å². The molecule has 3 aromatic rings. The maximum Gasteiger partial charge on any atom is 0.246 e. The van der Waals surface area contributed by atoms with Crippen molar-refractivity contribution in [1.82, 2.24) is 4.90 Å². The van der Waals surface area contributed by atoms with Crippen molar-refractivity contribution in [3.63, 3.8) is 0 Å². The topological polar surface area (TPSA) is 51.9 Å². The van der Waals surface area contributed by atoms with E-state index in [1.807, 2.05) is 49.9 Å². The molecule has 1 fully saturated rings. The van der Waals surface area contributed by atoms with E-state index in [1.54, 1.807) is 19.4 Å². The smallest absolute Gasteiger partial charge is 0.246 e. The molecule has 2 aromatic carbocycles. The predicted octanol–water partition coefficient (Wildman–Crippen LogP) is 6.72. The molecule has 1 aliphatic rings. The van der Waals surface area contributed by atoms with Crippen molar-refractivity contribution in [2.45, 2.75) is 41.0 Å². The molecule has 0 radical (unpaired) electrons. The van der Waals surface area contributed by atoms with Crippen molar-refractivity contribution in [2.24, 2.45) is 11.8 Å². The van der Waals surface area contributed by atoms with E-state index in [1.165, 1.54) is 6.42 Å². The van der Waals surface area contributed by atoms with Crippen LogP contribution < -0.4 is 9.47 Å². The molecule has 5 heteroatoms. The molecule has 180 valence electrons. The van der Waals surface area contributed by atoms with Crippen LogP contribution in [0.3, 0.4) is 0 Å². The lowest BCUT2D eigenvalue weighted by Crippen LogP contribution is -2.41. The van der Waals surface area contributed by atoms with Crippen LogP contribution in [-0.4, -0.2) is 37.6 Å². The van der Waals surface area contributed by atoms with Crippen LogP contribution in [0.15, 0.2) is 47.1 Å². The van der Waals surface area contributed by atoms with Crippen molar-refractivity contribution >= 4 is 22.4 Å². The number of amides is 1. The molecule has 1 amide bonds. The number of piperidine rings is 1. The maximum absolute atomic E-state index is 13.2. The minimum Gasteiger partial charge on any atom is -0.497 e. The van der Waals surface area contributed by atoms with Crippen LogP contribution in [0.1, 0.15) is 45.2 Å². The molecule has 1 saturated heterocycles. The molecule has 0 bridgehead atoms. The predicted molar refractivity (Wildman–Crippen MR) is 137 cm³/mol. The first kappa shape index (κ1) is 23.9. The van der Waals surface area contributed by atoms with E-state index < -0.39 is 0 Å². The van der Waals surface area contributed by atoms with Crippen LogP contribution in [-0.2, 0) is 4.79 Å². The summed E-state index contributed by atoms with van der Waals surface area (Å²) in [5.41, 5.74) is 5.61. The van der Waals surface area contributed by atoms with Gasteiger partial charge < -0.3 is 18.8 Å². The standard InChI is InChI=1S/C29H35NO4/c1-7-33-28-21(5)29-25(26(17-34-29)22-8-10-23(32-6)11-9-22)14-24(28)20(4)13-27(31)30-15-18(2)12-19(3)16-30/h8-11,13-14,17-19H,7,12,15-16H2,1-6H3/b20-13+. The van der Waals surface area contributed by atoms with Gasteiger partial charge in [-0.15, -0.1) is 0 Å². The van der Waals surface area contributed by atoms with E-state index in [4.69, 9.17) is 13.9 Å². The Morgan fingerprint density at radius 2 is 1.85 bits per heavy atom. The number of fused-ring (bicyclic) bond motifs is 1. The molecule has 5 nitrogen and oxygen atoms in total. The van der Waals surface area contributed by atoms with Crippen LogP contribution in [0.2, 0.25) is 0 Å². The van der Waals surface area contributed by atoms with Gasteiger partial charge in [0.2, 0.25) is 5.91 Å². The second-order valence-corrected chi connectivity index (χ2v) is 9.58. The quantitative estimate of drug-likeness (QED) is 0.382. The summed E-state index contributed by atoms with van der Waals surface area (Å²) in [7, 11) is 1.66. The number of nitrogens with zero attached hydrogens (tertiary/aromatic N) is 1. The summed E-state index contributed by atoms with van der Waals surface area (Å²) in [6.45, 7) is 12.6. The van der Waals surface area contributed by atoms with Crippen LogP contribution in [0.4, 0.5) is 0 Å². The third kappa shape index (κ3) is 4.70. The molecule has 0 saturated carbocycles. The Balaban J connectivity index is 1.77. The zero-order chi connectivity index (χ0) is 24.4. The highest BCUT2D eigenvalue weighted by Crippen LogP contribution is 2.41. The average Bonchev–Trinajstić information content (AvgIpc) is 3.24. The van der Waals surface area contributed by atoms with Gasteiger partial charge in [0, 0.05) is 41.2 Å². The van der Waals surface area contributed by atoms with Crippen molar-refractivity contribution in [3.8, 4) is 22.6 Å². The van der Waals surface area contributed by atoms with E-state index in [2.05, 4.69) is 19.9 Å². The van der Waals surface area contributed by atoms with Crippen molar-refractivity contribution in [2.75, 3.05) is 26.8 Å². The highest BCUT2D eigenvalue weighted by atomic mass is 16.5. The fourth-order valence-electron chi connectivity index (χ4n) is 5.13. The van der Waals surface area contributed by atoms with E-state index in [0.29, 0.717) is 18.4 Å². The minimum absolute atomic E-state index is 0.0682. The van der Waals surface area contributed by atoms with Gasteiger partial charge in [0.05, 0.1) is 20.0 Å². The number of carbonyl (C=O) groups excluding carboxylic acids is 1. The Kier molecular flexibility index (Phi) is 7.01. The zero-order valence-electron chi connectivity index (χ0n) is 21.1. The lowest BCUT2D eigenvalue weighted by atomic mass is 9.91. The van der Waals surface area contributed by atoms with Crippen LogP contribution >= 0.6 is 0 Å². The normalized spacial score (nSPS) is 18.9. The molecule has 2 heterocycles. The zero-order valence-corrected chi connectivity index (χ0v) is 21.1. The number of benzene rings is 2. The molecule has 0 N–H and O–H groups in total. The molecule has 34 heavy (non-hydrogen) atoms. The summed E-state index contributed by atoms with van der Waals surface area (Å²) >= 11 is 0.